The molecule has 1 atom stereocenters. The summed E-state index contributed by atoms with van der Waals surface area (Å²) >= 11 is 0. The third-order valence-corrected chi connectivity index (χ3v) is 3.58. The molecular weight excluding hydrogens is 279 g/mol. The fraction of sp³-hybridized carbons (Fsp3) is 0.786. The number of hydrogen-bond acceptors (Lipinski definition) is 3. The van der Waals surface area contributed by atoms with Crippen LogP contribution in [-0.2, 0) is 13.9 Å². The van der Waals surface area contributed by atoms with Crippen LogP contribution < -0.4 is 0 Å². The molecule has 6 heteroatoms. The van der Waals surface area contributed by atoms with Gasteiger partial charge in [0, 0.05) is 0 Å². The Morgan fingerprint density at radius 1 is 1.15 bits per heavy atom. The Balaban J connectivity index is 4.08. The van der Waals surface area contributed by atoms with E-state index in [9.17, 15) is 9.36 Å². The third-order valence-electron chi connectivity index (χ3n) is 3.05. The topological polar surface area (TPSA) is 83.8 Å². The lowest BCUT2D eigenvalue weighted by molar-refractivity contribution is -0.123. The monoisotopic (exact) mass is 306 g/mol. The molecule has 0 saturated carbocycles. The second-order valence-electron chi connectivity index (χ2n) is 5.14. The van der Waals surface area contributed by atoms with Crippen molar-refractivity contribution in [3.05, 3.63) is 12.2 Å². The molecule has 0 amide bonds. The van der Waals surface area contributed by atoms with Crippen molar-refractivity contribution in [3.8, 4) is 0 Å². The molecular formula is C14H27O5P. The quantitative estimate of drug-likeness (QED) is 0.326. The lowest BCUT2D eigenvalue weighted by Gasteiger charge is -2.17. The van der Waals surface area contributed by atoms with E-state index in [2.05, 4.69) is 18.0 Å². The molecule has 0 aromatic rings. The highest BCUT2D eigenvalue weighted by molar-refractivity contribution is 7.46. The molecule has 1 unspecified atom stereocenters. The van der Waals surface area contributed by atoms with Crippen molar-refractivity contribution in [2.24, 2.45) is 0 Å². The minimum atomic E-state index is -4.65. The summed E-state index contributed by atoms with van der Waals surface area (Å²) in [6.45, 7) is 7.18. The van der Waals surface area contributed by atoms with Crippen molar-refractivity contribution < 1.29 is 23.7 Å². The number of unbranched alkanes of at least 4 members (excludes halogenated alkanes) is 6. The fourth-order valence-corrected chi connectivity index (χ4v) is 2.49. The van der Waals surface area contributed by atoms with Gasteiger partial charge in [0.15, 0.2) is 5.78 Å². The number of hydrogen-bond donors (Lipinski definition) is 2. The zero-order valence-electron chi connectivity index (χ0n) is 12.5. The molecule has 0 heterocycles. The first kappa shape index (κ1) is 19.5. The van der Waals surface area contributed by atoms with E-state index in [1.807, 2.05) is 0 Å². The van der Waals surface area contributed by atoms with Crippen LogP contribution in [0.4, 0.5) is 0 Å². The smallest absolute Gasteiger partial charge is 0.303 e. The predicted octanol–water partition coefficient (Wildman–Crippen LogP) is 3.75. The molecule has 118 valence electrons. The van der Waals surface area contributed by atoms with Crippen molar-refractivity contribution in [2.45, 2.75) is 71.3 Å². The molecule has 5 nitrogen and oxygen atoms in total. The van der Waals surface area contributed by atoms with Crippen molar-refractivity contribution in [3.63, 3.8) is 0 Å². The van der Waals surface area contributed by atoms with Gasteiger partial charge in [0.1, 0.15) is 6.10 Å². The van der Waals surface area contributed by atoms with E-state index < -0.39 is 19.7 Å². The summed E-state index contributed by atoms with van der Waals surface area (Å²) in [4.78, 5) is 29.4. The van der Waals surface area contributed by atoms with Gasteiger partial charge in [-0.3, -0.25) is 9.32 Å². The molecule has 0 saturated heterocycles. The Morgan fingerprint density at radius 3 is 2.10 bits per heavy atom. The third kappa shape index (κ3) is 10.3. The largest absolute Gasteiger partial charge is 0.470 e. The van der Waals surface area contributed by atoms with Crippen LogP contribution in [0.3, 0.4) is 0 Å². The fourth-order valence-electron chi connectivity index (χ4n) is 1.96. The van der Waals surface area contributed by atoms with Crippen LogP contribution in [0, 0.1) is 0 Å². The van der Waals surface area contributed by atoms with Gasteiger partial charge >= 0.3 is 7.82 Å². The standard InChI is InChI=1S/C14H27O5P/c1-4-5-6-7-8-9-10-11-13(14(15)12(2)3)19-20(16,17)18/h13H,2,4-11H2,1,3H3,(H2,16,17,18). The summed E-state index contributed by atoms with van der Waals surface area (Å²) < 4.78 is 15.4. The SMILES string of the molecule is C=C(C)C(=O)C(CCCCCCCCC)OP(=O)(O)O. The van der Waals surface area contributed by atoms with Gasteiger partial charge in [-0.15, -0.1) is 0 Å². The van der Waals surface area contributed by atoms with Crippen LogP contribution in [0.5, 0.6) is 0 Å². The molecule has 0 aliphatic rings. The number of rotatable bonds is 12. The Morgan fingerprint density at radius 2 is 1.65 bits per heavy atom. The van der Waals surface area contributed by atoms with Crippen LogP contribution in [-0.4, -0.2) is 21.7 Å². The summed E-state index contributed by atoms with van der Waals surface area (Å²) in [5.74, 6) is -0.431. The molecule has 0 aromatic carbocycles. The average molecular weight is 306 g/mol. The average Bonchev–Trinajstić information content (AvgIpc) is 2.33. The van der Waals surface area contributed by atoms with E-state index in [1.165, 1.54) is 26.2 Å². The maximum absolute atomic E-state index is 11.8. The Kier molecular flexibility index (Phi) is 10.0. The maximum Gasteiger partial charge on any atom is 0.470 e. The van der Waals surface area contributed by atoms with Gasteiger partial charge in [-0.05, 0) is 18.9 Å². The number of ketones is 1. The summed E-state index contributed by atoms with van der Waals surface area (Å²) in [7, 11) is -4.65. The van der Waals surface area contributed by atoms with Crippen LogP contribution in [0.2, 0.25) is 0 Å². The molecule has 0 aromatic heterocycles. The van der Waals surface area contributed by atoms with Gasteiger partial charge in [0.05, 0.1) is 0 Å². The second-order valence-corrected chi connectivity index (χ2v) is 6.33. The van der Waals surface area contributed by atoms with Crippen molar-refractivity contribution >= 4 is 13.6 Å². The Labute approximate surface area is 121 Å². The number of carbonyl (C=O) groups excluding carboxylic acids is 1. The highest BCUT2D eigenvalue weighted by atomic mass is 31.2. The molecule has 0 spiro atoms. The lowest BCUT2D eigenvalue weighted by atomic mass is 10.0. The van der Waals surface area contributed by atoms with E-state index in [1.54, 1.807) is 0 Å². The minimum absolute atomic E-state index is 0.256. The normalized spacial score (nSPS) is 13.2. The van der Waals surface area contributed by atoms with E-state index in [-0.39, 0.29) is 5.57 Å². The first-order chi connectivity index (χ1) is 9.28. The van der Waals surface area contributed by atoms with E-state index >= 15 is 0 Å². The number of phosphoric acid groups is 1. The van der Waals surface area contributed by atoms with Crippen LogP contribution in [0.1, 0.15) is 65.2 Å². The second kappa shape index (κ2) is 10.3. The Hall–Kier alpha value is -0.480. The zero-order chi connectivity index (χ0) is 15.6. The zero-order valence-corrected chi connectivity index (χ0v) is 13.4. The van der Waals surface area contributed by atoms with Crippen molar-refractivity contribution in [1.29, 1.82) is 0 Å². The van der Waals surface area contributed by atoms with E-state index in [4.69, 9.17) is 9.79 Å². The van der Waals surface area contributed by atoms with Gasteiger partial charge in [-0.25, -0.2) is 4.57 Å². The molecule has 0 fully saturated rings. The molecule has 0 rings (SSSR count). The predicted molar refractivity (Wildman–Crippen MR) is 79.3 cm³/mol. The summed E-state index contributed by atoms with van der Waals surface area (Å²) in [6.07, 6.45) is 6.78. The maximum atomic E-state index is 11.8. The summed E-state index contributed by atoms with van der Waals surface area (Å²) in [6, 6.07) is 0. The van der Waals surface area contributed by atoms with E-state index in [0.29, 0.717) is 6.42 Å². The van der Waals surface area contributed by atoms with Gasteiger partial charge in [0.25, 0.3) is 0 Å². The van der Waals surface area contributed by atoms with Crippen LogP contribution in [0.15, 0.2) is 12.2 Å². The first-order valence-electron chi connectivity index (χ1n) is 7.21. The molecule has 20 heavy (non-hydrogen) atoms. The summed E-state index contributed by atoms with van der Waals surface area (Å²) in [5.41, 5.74) is 0.256. The minimum Gasteiger partial charge on any atom is -0.303 e. The van der Waals surface area contributed by atoms with Gasteiger partial charge in [0.2, 0.25) is 0 Å². The van der Waals surface area contributed by atoms with Crippen molar-refractivity contribution in [1.82, 2.24) is 0 Å². The highest BCUT2D eigenvalue weighted by Crippen LogP contribution is 2.39. The highest BCUT2D eigenvalue weighted by Gasteiger charge is 2.27. The lowest BCUT2D eigenvalue weighted by Crippen LogP contribution is -2.23. The van der Waals surface area contributed by atoms with Gasteiger partial charge in [-0.1, -0.05) is 58.4 Å². The van der Waals surface area contributed by atoms with Crippen LogP contribution >= 0.6 is 7.82 Å². The van der Waals surface area contributed by atoms with Crippen LogP contribution in [0.25, 0.3) is 0 Å². The van der Waals surface area contributed by atoms with Gasteiger partial charge in [-0.2, -0.15) is 0 Å². The number of carbonyl (C=O) groups is 1. The molecule has 2 N–H and O–H groups in total. The molecule has 0 aliphatic carbocycles. The molecule has 0 bridgehead atoms. The van der Waals surface area contributed by atoms with E-state index in [0.717, 1.165) is 25.7 Å². The summed E-state index contributed by atoms with van der Waals surface area (Å²) in [5, 5.41) is 0. The van der Waals surface area contributed by atoms with Crippen molar-refractivity contribution in [2.75, 3.05) is 0 Å². The molecule has 0 radical (unpaired) electrons. The number of phosphoric ester groups is 1. The Bertz CT molecular complexity index is 347. The molecule has 0 aliphatic heterocycles. The van der Waals surface area contributed by atoms with Gasteiger partial charge < -0.3 is 9.79 Å². The number of Topliss-reactive ketones (excluding diaryl/α,β-unsaturated/α-hetero) is 1. The first-order valence-corrected chi connectivity index (χ1v) is 8.74.